The lowest BCUT2D eigenvalue weighted by molar-refractivity contribution is -0.134. The quantitative estimate of drug-likeness (QED) is 0.825. The van der Waals surface area contributed by atoms with Gasteiger partial charge in [0.2, 0.25) is 5.91 Å². The van der Waals surface area contributed by atoms with Gasteiger partial charge < -0.3 is 9.47 Å². The third kappa shape index (κ3) is 3.56. The Hall–Kier alpha value is -1.36. The molecular formula is C14H24N4O. The zero-order valence-electron chi connectivity index (χ0n) is 12.1. The van der Waals surface area contributed by atoms with Crippen molar-refractivity contribution in [3.8, 4) is 0 Å². The zero-order chi connectivity index (χ0) is 13.8. The number of hydrogen-bond donors (Lipinski definition) is 0. The van der Waals surface area contributed by atoms with Gasteiger partial charge in [-0.3, -0.25) is 9.69 Å². The highest BCUT2D eigenvalue weighted by Gasteiger charge is 2.25. The predicted octanol–water partition coefficient (Wildman–Crippen LogP) is 1.39. The van der Waals surface area contributed by atoms with Gasteiger partial charge in [0, 0.05) is 31.5 Å². The van der Waals surface area contributed by atoms with Crippen molar-refractivity contribution in [1.29, 1.82) is 0 Å². The third-order valence-electron chi connectivity index (χ3n) is 3.96. The van der Waals surface area contributed by atoms with Crippen molar-refractivity contribution in [1.82, 2.24) is 19.4 Å². The van der Waals surface area contributed by atoms with Crippen molar-refractivity contribution in [2.45, 2.75) is 38.8 Å². The molecule has 0 N–H and O–H groups in total. The number of likely N-dealkylation sites (N-methyl/N-ethyl adjacent to an activating group) is 1. The number of likely N-dealkylation sites (tertiary alicyclic amines) is 1. The summed E-state index contributed by atoms with van der Waals surface area (Å²) in [7, 11) is 2.00. The molecule has 0 radical (unpaired) electrons. The first-order valence-corrected chi connectivity index (χ1v) is 7.03. The van der Waals surface area contributed by atoms with Crippen LogP contribution in [0.25, 0.3) is 0 Å². The Morgan fingerprint density at radius 3 is 2.95 bits per heavy atom. The largest absolute Gasteiger partial charge is 0.340 e. The topological polar surface area (TPSA) is 41.4 Å². The normalized spacial score (nSPS) is 20.3. The van der Waals surface area contributed by atoms with Crippen LogP contribution in [0.15, 0.2) is 18.7 Å². The van der Waals surface area contributed by atoms with Gasteiger partial charge >= 0.3 is 0 Å². The summed E-state index contributed by atoms with van der Waals surface area (Å²) in [5.41, 5.74) is 0. The summed E-state index contributed by atoms with van der Waals surface area (Å²) < 4.78 is 2.12. The Balaban J connectivity index is 1.92. The maximum Gasteiger partial charge on any atom is 0.236 e. The molecule has 1 aromatic rings. The number of aromatic nitrogens is 2. The summed E-state index contributed by atoms with van der Waals surface area (Å²) in [6, 6.07) is 0.780. The van der Waals surface area contributed by atoms with Gasteiger partial charge in [-0.15, -0.1) is 0 Å². The third-order valence-corrected chi connectivity index (χ3v) is 3.96. The summed E-state index contributed by atoms with van der Waals surface area (Å²) in [5, 5.41) is 0. The molecular weight excluding hydrogens is 240 g/mol. The van der Waals surface area contributed by atoms with Crippen LogP contribution in [0.2, 0.25) is 0 Å². The molecule has 0 saturated carbocycles. The Morgan fingerprint density at radius 1 is 1.53 bits per heavy atom. The monoisotopic (exact) mass is 264 g/mol. The molecule has 5 heteroatoms. The number of carbonyl (C=O) groups excluding carboxylic acids is 1. The van der Waals surface area contributed by atoms with E-state index >= 15 is 0 Å². The van der Waals surface area contributed by atoms with Crippen molar-refractivity contribution in [2.24, 2.45) is 0 Å². The molecule has 1 aromatic heterocycles. The van der Waals surface area contributed by atoms with Gasteiger partial charge in [-0.05, 0) is 33.7 Å². The van der Waals surface area contributed by atoms with Crippen LogP contribution in [0.4, 0.5) is 0 Å². The standard InChI is InChI=1S/C14H24N4O/c1-12(2)16(3)10-14(19)17-7-4-5-13(9-17)18-8-6-15-11-18/h6,8,11-13H,4-5,7,9-10H2,1-3H3/t13-/m1/s1. The van der Waals surface area contributed by atoms with E-state index in [0.717, 1.165) is 25.9 Å². The van der Waals surface area contributed by atoms with Crippen LogP contribution < -0.4 is 0 Å². The highest BCUT2D eigenvalue weighted by molar-refractivity contribution is 5.78. The predicted molar refractivity (Wildman–Crippen MR) is 74.8 cm³/mol. The number of imidazole rings is 1. The number of amides is 1. The molecule has 106 valence electrons. The van der Waals surface area contributed by atoms with Gasteiger partial charge in [-0.1, -0.05) is 0 Å². The lowest BCUT2D eigenvalue weighted by Crippen LogP contribution is -2.45. The second-order valence-electron chi connectivity index (χ2n) is 5.65. The maximum absolute atomic E-state index is 12.3. The van der Waals surface area contributed by atoms with Crippen LogP contribution in [0, 0.1) is 0 Å². The van der Waals surface area contributed by atoms with Crippen LogP contribution in [0.1, 0.15) is 32.7 Å². The van der Waals surface area contributed by atoms with E-state index in [0.29, 0.717) is 18.6 Å². The molecule has 5 nitrogen and oxygen atoms in total. The molecule has 0 spiro atoms. The van der Waals surface area contributed by atoms with Crippen molar-refractivity contribution >= 4 is 5.91 Å². The fourth-order valence-electron chi connectivity index (χ4n) is 2.41. The molecule has 2 rings (SSSR count). The van der Waals surface area contributed by atoms with Crippen molar-refractivity contribution in [2.75, 3.05) is 26.7 Å². The summed E-state index contributed by atoms with van der Waals surface area (Å²) >= 11 is 0. The highest BCUT2D eigenvalue weighted by atomic mass is 16.2. The van der Waals surface area contributed by atoms with Crippen molar-refractivity contribution in [3.05, 3.63) is 18.7 Å². The second-order valence-corrected chi connectivity index (χ2v) is 5.65. The van der Waals surface area contributed by atoms with Crippen LogP contribution in [0.5, 0.6) is 0 Å². The fraction of sp³-hybridized carbons (Fsp3) is 0.714. The lowest BCUT2D eigenvalue weighted by Gasteiger charge is -2.34. The average Bonchev–Trinajstić information content (AvgIpc) is 2.92. The van der Waals surface area contributed by atoms with Gasteiger partial charge in [-0.2, -0.15) is 0 Å². The molecule has 0 bridgehead atoms. The first kappa shape index (κ1) is 14.1. The van der Waals surface area contributed by atoms with Gasteiger partial charge in [0.25, 0.3) is 0 Å². The molecule has 1 saturated heterocycles. The number of piperidine rings is 1. The Morgan fingerprint density at radius 2 is 2.32 bits per heavy atom. The van der Waals surface area contributed by atoms with E-state index < -0.39 is 0 Å². The first-order chi connectivity index (χ1) is 9.08. The first-order valence-electron chi connectivity index (χ1n) is 7.03. The van der Waals surface area contributed by atoms with E-state index in [2.05, 4.69) is 28.3 Å². The van der Waals surface area contributed by atoms with Gasteiger partial charge in [0.1, 0.15) is 0 Å². The van der Waals surface area contributed by atoms with E-state index in [4.69, 9.17) is 0 Å². The van der Waals surface area contributed by atoms with Crippen LogP contribution in [-0.2, 0) is 4.79 Å². The number of hydrogen-bond acceptors (Lipinski definition) is 3. The fourth-order valence-corrected chi connectivity index (χ4v) is 2.41. The van der Waals surface area contributed by atoms with Crippen LogP contribution in [-0.4, -0.2) is 58.0 Å². The maximum atomic E-state index is 12.3. The number of rotatable bonds is 4. The molecule has 1 fully saturated rings. The smallest absolute Gasteiger partial charge is 0.236 e. The molecule has 2 heterocycles. The number of carbonyl (C=O) groups is 1. The second kappa shape index (κ2) is 6.19. The van der Waals surface area contributed by atoms with E-state index in [-0.39, 0.29) is 5.91 Å². The number of nitrogens with zero attached hydrogens (tertiary/aromatic N) is 4. The zero-order valence-corrected chi connectivity index (χ0v) is 12.1. The van der Waals surface area contributed by atoms with Crippen LogP contribution in [0.3, 0.4) is 0 Å². The molecule has 0 aliphatic carbocycles. The lowest BCUT2D eigenvalue weighted by atomic mass is 10.1. The van der Waals surface area contributed by atoms with Crippen LogP contribution >= 0.6 is 0 Å². The molecule has 1 atom stereocenters. The molecule has 1 aliphatic heterocycles. The van der Waals surface area contributed by atoms with Crippen molar-refractivity contribution < 1.29 is 4.79 Å². The molecule has 1 aliphatic rings. The Labute approximate surface area is 115 Å². The minimum Gasteiger partial charge on any atom is -0.340 e. The van der Waals surface area contributed by atoms with E-state index in [1.165, 1.54) is 0 Å². The van der Waals surface area contributed by atoms with E-state index in [1.54, 1.807) is 6.20 Å². The van der Waals surface area contributed by atoms with Gasteiger partial charge in [-0.25, -0.2) is 4.98 Å². The highest BCUT2D eigenvalue weighted by Crippen LogP contribution is 2.21. The van der Waals surface area contributed by atoms with Crippen molar-refractivity contribution in [3.63, 3.8) is 0 Å². The average molecular weight is 264 g/mol. The molecule has 19 heavy (non-hydrogen) atoms. The summed E-state index contributed by atoms with van der Waals surface area (Å²) in [5.74, 6) is 0.237. The minimum atomic E-state index is 0.237. The Bertz CT molecular complexity index is 402. The summed E-state index contributed by atoms with van der Waals surface area (Å²) in [6.07, 6.45) is 7.82. The molecule has 0 aromatic carbocycles. The van der Waals surface area contributed by atoms with E-state index in [9.17, 15) is 4.79 Å². The summed E-state index contributed by atoms with van der Waals surface area (Å²) in [4.78, 5) is 20.5. The SMILES string of the molecule is CC(C)N(C)CC(=O)N1CCC[C@@H](n2ccnc2)C1. The van der Waals surface area contributed by atoms with Gasteiger partial charge in [0.15, 0.2) is 0 Å². The minimum absolute atomic E-state index is 0.237. The Kier molecular flexibility index (Phi) is 4.58. The summed E-state index contributed by atoms with van der Waals surface area (Å²) in [6.45, 7) is 6.42. The van der Waals surface area contributed by atoms with E-state index in [1.807, 2.05) is 24.5 Å². The molecule has 1 amide bonds. The van der Waals surface area contributed by atoms with Gasteiger partial charge in [0.05, 0.1) is 18.9 Å². The molecule has 0 unspecified atom stereocenters.